The van der Waals surface area contributed by atoms with E-state index in [4.69, 9.17) is 15.2 Å². The van der Waals surface area contributed by atoms with Crippen LogP contribution >= 0.6 is 0 Å². The minimum absolute atomic E-state index is 0.00943. The number of methoxy groups -OCH3 is 1. The summed E-state index contributed by atoms with van der Waals surface area (Å²) < 4.78 is 10.8. The van der Waals surface area contributed by atoms with E-state index in [1.54, 1.807) is 12.1 Å². The first kappa shape index (κ1) is 17.2. The third kappa shape index (κ3) is 3.97. The first-order chi connectivity index (χ1) is 11.4. The number of primary amides is 1. The number of nitrogens with two attached hydrogens (primary N) is 1. The van der Waals surface area contributed by atoms with Gasteiger partial charge < -0.3 is 20.5 Å². The Labute approximate surface area is 139 Å². The van der Waals surface area contributed by atoms with Crippen LogP contribution in [0.2, 0.25) is 0 Å². The first-order valence-electron chi connectivity index (χ1n) is 7.19. The lowest BCUT2D eigenvalue weighted by Gasteiger charge is -2.13. The van der Waals surface area contributed by atoms with Gasteiger partial charge in [0.15, 0.2) is 11.5 Å². The van der Waals surface area contributed by atoms with Crippen molar-refractivity contribution in [3.63, 3.8) is 0 Å². The summed E-state index contributed by atoms with van der Waals surface area (Å²) in [6.07, 6.45) is 2.50. The Hall–Kier alpha value is -3.16. The van der Waals surface area contributed by atoms with Crippen LogP contribution in [0, 0.1) is 0 Å². The molecular formula is C16H18N4O4. The zero-order chi connectivity index (χ0) is 17.7. The lowest BCUT2D eigenvalue weighted by atomic mass is 10.1. The molecular weight excluding hydrogens is 312 g/mol. The highest BCUT2D eigenvalue weighted by Gasteiger charge is 2.16. The zero-order valence-electron chi connectivity index (χ0n) is 13.6. The monoisotopic (exact) mass is 330 g/mol. The summed E-state index contributed by atoms with van der Waals surface area (Å²) in [4.78, 5) is 31.1. The van der Waals surface area contributed by atoms with E-state index < -0.39 is 5.91 Å². The molecule has 0 atom stereocenters. The van der Waals surface area contributed by atoms with Gasteiger partial charge in [-0.2, -0.15) is 0 Å². The van der Waals surface area contributed by atoms with E-state index in [1.165, 1.54) is 25.7 Å². The van der Waals surface area contributed by atoms with Crippen LogP contribution < -0.4 is 20.5 Å². The fraction of sp³-hybridized carbons (Fsp3) is 0.250. The molecule has 0 saturated carbocycles. The fourth-order valence-electron chi connectivity index (χ4n) is 1.91. The molecule has 8 heteroatoms. The van der Waals surface area contributed by atoms with Crippen molar-refractivity contribution in [3.8, 4) is 17.4 Å². The second-order valence-corrected chi connectivity index (χ2v) is 5.20. The summed E-state index contributed by atoms with van der Waals surface area (Å²) in [5.41, 5.74) is 5.73. The molecule has 1 heterocycles. The number of nitrogens with one attached hydrogen (secondary N) is 1. The molecule has 0 unspecified atom stereocenters. The highest BCUT2D eigenvalue weighted by molar-refractivity contribution is 5.95. The van der Waals surface area contributed by atoms with Gasteiger partial charge in [0.25, 0.3) is 11.8 Å². The topological polar surface area (TPSA) is 116 Å². The van der Waals surface area contributed by atoms with Gasteiger partial charge in [0.05, 0.1) is 7.11 Å². The van der Waals surface area contributed by atoms with E-state index in [-0.39, 0.29) is 23.4 Å². The minimum atomic E-state index is -0.711. The summed E-state index contributed by atoms with van der Waals surface area (Å²) in [5.74, 6) is -0.317. The van der Waals surface area contributed by atoms with Gasteiger partial charge in [-0.25, -0.2) is 9.97 Å². The van der Waals surface area contributed by atoms with Crippen molar-refractivity contribution in [2.24, 2.45) is 5.73 Å². The molecule has 0 radical (unpaired) electrons. The number of aromatic nitrogens is 2. The van der Waals surface area contributed by atoms with Gasteiger partial charge in [-0.15, -0.1) is 0 Å². The van der Waals surface area contributed by atoms with Gasteiger partial charge in [0, 0.05) is 17.8 Å². The quantitative estimate of drug-likeness (QED) is 0.829. The lowest BCUT2D eigenvalue weighted by Crippen LogP contribution is -2.30. The molecule has 2 amide bonds. The molecule has 0 bridgehead atoms. The van der Waals surface area contributed by atoms with E-state index in [0.717, 1.165) is 0 Å². The third-order valence-electron chi connectivity index (χ3n) is 2.99. The minimum Gasteiger partial charge on any atom is -0.493 e. The second kappa shape index (κ2) is 7.40. The number of benzene rings is 1. The van der Waals surface area contributed by atoms with Crippen molar-refractivity contribution in [3.05, 3.63) is 41.9 Å². The van der Waals surface area contributed by atoms with Crippen LogP contribution in [-0.4, -0.2) is 34.9 Å². The molecule has 0 fully saturated rings. The maximum Gasteiger partial charge on any atom is 0.255 e. The van der Waals surface area contributed by atoms with Crippen LogP contribution in [0.25, 0.3) is 0 Å². The molecule has 0 saturated heterocycles. The van der Waals surface area contributed by atoms with Crippen molar-refractivity contribution in [2.75, 3.05) is 7.11 Å². The lowest BCUT2D eigenvalue weighted by molar-refractivity contribution is 0.0941. The third-order valence-corrected chi connectivity index (χ3v) is 2.99. The molecule has 0 aliphatic rings. The van der Waals surface area contributed by atoms with Crippen LogP contribution in [0.4, 0.5) is 0 Å². The van der Waals surface area contributed by atoms with Crippen molar-refractivity contribution in [2.45, 2.75) is 19.9 Å². The Bertz CT molecular complexity index is 761. The average Bonchev–Trinajstić information content (AvgIpc) is 2.54. The Morgan fingerprint density at radius 2 is 2.00 bits per heavy atom. The van der Waals surface area contributed by atoms with Gasteiger partial charge in [-0.3, -0.25) is 9.59 Å². The number of hydrogen-bond acceptors (Lipinski definition) is 6. The summed E-state index contributed by atoms with van der Waals surface area (Å²) in [6, 6.07) is 4.69. The van der Waals surface area contributed by atoms with E-state index in [1.807, 2.05) is 13.8 Å². The molecule has 2 aromatic rings. The highest BCUT2D eigenvalue weighted by Crippen LogP contribution is 2.32. The van der Waals surface area contributed by atoms with Gasteiger partial charge in [-0.05, 0) is 32.0 Å². The van der Waals surface area contributed by atoms with Crippen LogP contribution in [0.5, 0.6) is 17.4 Å². The van der Waals surface area contributed by atoms with Gasteiger partial charge in [0.1, 0.15) is 11.9 Å². The number of rotatable bonds is 6. The zero-order valence-corrected chi connectivity index (χ0v) is 13.6. The van der Waals surface area contributed by atoms with Gasteiger partial charge >= 0.3 is 0 Å². The molecule has 0 aliphatic carbocycles. The number of carbonyl (C=O) groups excluding carboxylic acids is 2. The van der Waals surface area contributed by atoms with Crippen LogP contribution in [0.15, 0.2) is 30.7 Å². The molecule has 2 rings (SSSR count). The van der Waals surface area contributed by atoms with E-state index in [0.29, 0.717) is 17.1 Å². The van der Waals surface area contributed by atoms with Gasteiger partial charge in [0.2, 0.25) is 5.88 Å². The fourth-order valence-corrected chi connectivity index (χ4v) is 1.91. The first-order valence-corrected chi connectivity index (χ1v) is 7.19. The molecule has 1 aromatic carbocycles. The SMILES string of the molecule is COc1cc(C(=O)NC(C)C)ccc1Oc1ncncc1C(N)=O. The number of hydrogen-bond donors (Lipinski definition) is 2. The Morgan fingerprint density at radius 1 is 1.25 bits per heavy atom. The van der Waals surface area contributed by atoms with Crippen molar-refractivity contribution >= 4 is 11.8 Å². The van der Waals surface area contributed by atoms with Crippen LogP contribution in [0.1, 0.15) is 34.6 Å². The number of ether oxygens (including phenoxy) is 2. The molecule has 126 valence electrons. The van der Waals surface area contributed by atoms with Crippen molar-refractivity contribution < 1.29 is 19.1 Å². The normalized spacial score (nSPS) is 10.3. The van der Waals surface area contributed by atoms with Gasteiger partial charge in [-0.1, -0.05) is 0 Å². The Balaban J connectivity index is 2.32. The second-order valence-electron chi connectivity index (χ2n) is 5.20. The summed E-state index contributed by atoms with van der Waals surface area (Å²) in [5, 5.41) is 2.79. The smallest absolute Gasteiger partial charge is 0.255 e. The number of nitrogens with zero attached hydrogens (tertiary/aromatic N) is 2. The van der Waals surface area contributed by atoms with Crippen molar-refractivity contribution in [1.29, 1.82) is 0 Å². The Kier molecular flexibility index (Phi) is 5.31. The largest absolute Gasteiger partial charge is 0.493 e. The van der Waals surface area contributed by atoms with E-state index in [9.17, 15) is 9.59 Å². The molecule has 24 heavy (non-hydrogen) atoms. The molecule has 0 aliphatic heterocycles. The van der Waals surface area contributed by atoms with Crippen molar-refractivity contribution in [1.82, 2.24) is 15.3 Å². The molecule has 8 nitrogen and oxygen atoms in total. The van der Waals surface area contributed by atoms with Crippen LogP contribution in [-0.2, 0) is 0 Å². The maximum atomic E-state index is 12.0. The average molecular weight is 330 g/mol. The maximum absolute atomic E-state index is 12.0. The predicted molar refractivity (Wildman–Crippen MR) is 86.2 cm³/mol. The summed E-state index contributed by atoms with van der Waals surface area (Å²) in [7, 11) is 1.45. The Morgan fingerprint density at radius 3 is 2.62 bits per heavy atom. The molecule has 3 N–H and O–H groups in total. The van der Waals surface area contributed by atoms with Crippen LogP contribution in [0.3, 0.4) is 0 Å². The van der Waals surface area contributed by atoms with E-state index in [2.05, 4.69) is 15.3 Å². The molecule has 1 aromatic heterocycles. The number of carbonyl (C=O) groups is 2. The standard InChI is InChI=1S/C16H18N4O4/c1-9(2)20-15(22)10-4-5-12(13(6-10)23-3)24-16-11(14(17)21)7-18-8-19-16/h4-9H,1-3H3,(H2,17,21)(H,20,22). The van der Waals surface area contributed by atoms with E-state index >= 15 is 0 Å². The highest BCUT2D eigenvalue weighted by atomic mass is 16.5. The number of amides is 2. The summed E-state index contributed by atoms with van der Waals surface area (Å²) in [6.45, 7) is 3.74. The summed E-state index contributed by atoms with van der Waals surface area (Å²) >= 11 is 0. The predicted octanol–water partition coefficient (Wildman–Crippen LogP) is 1.51. The molecule has 0 spiro atoms.